The van der Waals surface area contributed by atoms with Crippen LogP contribution in [-0.2, 0) is 0 Å². The average molecular weight is 303 g/mol. The zero-order valence-corrected chi connectivity index (χ0v) is 11.4. The van der Waals surface area contributed by atoms with Crippen LogP contribution in [0, 0.1) is 0 Å². The maximum atomic E-state index is 12.6. The number of amides is 1. The Kier molecular flexibility index (Phi) is 2.39. The van der Waals surface area contributed by atoms with E-state index in [9.17, 15) is 4.79 Å². The lowest BCUT2D eigenvalue weighted by Gasteiger charge is -2.11. The molecule has 2 aromatic carbocycles. The first kappa shape index (κ1) is 8.64. The molecule has 1 amide bonds. The second-order valence-corrected chi connectivity index (χ2v) is 4.50. The minimum Gasteiger partial charge on any atom is -0.320 e. The van der Waals surface area contributed by atoms with Gasteiger partial charge in [-0.15, -0.1) is 0 Å². The zero-order chi connectivity index (χ0) is 19.0. The molecule has 0 aliphatic rings. The van der Waals surface area contributed by atoms with E-state index in [2.05, 4.69) is 10.4 Å². The van der Waals surface area contributed by atoms with Gasteiger partial charge >= 0.3 is 0 Å². The van der Waals surface area contributed by atoms with E-state index in [0.29, 0.717) is 16.4 Å². The molecule has 3 aromatic rings. The summed E-state index contributed by atoms with van der Waals surface area (Å²) in [6.45, 7) is 0. The van der Waals surface area contributed by atoms with Gasteiger partial charge in [0.2, 0.25) is 0 Å². The van der Waals surface area contributed by atoms with Crippen LogP contribution in [0.4, 0.5) is 5.69 Å². The number of aromatic nitrogens is 2. The molecule has 0 unspecified atom stereocenters. The highest BCUT2D eigenvalue weighted by Gasteiger charge is 2.10. The maximum absolute atomic E-state index is 12.6. The van der Waals surface area contributed by atoms with Crippen LogP contribution in [0.15, 0.2) is 66.9 Å². The summed E-state index contributed by atoms with van der Waals surface area (Å²) in [6.07, 6.45) is 3.22. The van der Waals surface area contributed by atoms with Crippen LogP contribution in [0.25, 0.3) is 5.69 Å². The number of hydrogen-bond donors (Lipinski definition) is 1. The fraction of sp³-hybridized carbons (Fsp3) is 0. The number of carbonyl (C=O) groups excluding carboxylic acids is 1. The van der Waals surface area contributed by atoms with Crippen molar-refractivity contribution < 1.29 is 11.6 Å². The lowest BCUT2D eigenvalue weighted by molar-refractivity contribution is 0.102. The summed E-state index contributed by atoms with van der Waals surface area (Å²) in [5, 5.41) is 7.09. The zero-order valence-electron chi connectivity index (χ0n) is 15.6. The number of rotatable bonds is 3. The SMILES string of the molecule is [2H]c1c([2H])c([2H])c(C(=O)Nc2ccc(Cl)cc2-n2cccn2)c([2H])c1[2H]. The Morgan fingerprint density at radius 2 is 2.10 bits per heavy atom. The van der Waals surface area contributed by atoms with Crippen molar-refractivity contribution in [3.05, 3.63) is 77.5 Å². The van der Waals surface area contributed by atoms with E-state index in [1.54, 1.807) is 36.7 Å². The monoisotopic (exact) mass is 302 g/mol. The second-order valence-electron chi connectivity index (χ2n) is 4.07. The van der Waals surface area contributed by atoms with Crippen molar-refractivity contribution in [2.45, 2.75) is 0 Å². The minimum absolute atomic E-state index is 0.329. The molecular weight excluding hydrogens is 286 g/mol. The van der Waals surface area contributed by atoms with E-state index in [4.69, 9.17) is 18.5 Å². The number of benzene rings is 2. The molecule has 0 atom stereocenters. The van der Waals surface area contributed by atoms with Gasteiger partial charge in [-0.2, -0.15) is 5.10 Å². The molecule has 1 N–H and O–H groups in total. The molecule has 0 bridgehead atoms. The molecule has 0 spiro atoms. The van der Waals surface area contributed by atoms with Gasteiger partial charge in [0.15, 0.2) is 0 Å². The van der Waals surface area contributed by atoms with Gasteiger partial charge in [-0.25, -0.2) is 4.68 Å². The molecule has 0 saturated heterocycles. The molecule has 0 saturated carbocycles. The lowest BCUT2D eigenvalue weighted by Crippen LogP contribution is -2.13. The van der Waals surface area contributed by atoms with Crippen LogP contribution in [0.1, 0.15) is 17.2 Å². The molecule has 3 rings (SSSR count). The van der Waals surface area contributed by atoms with Crippen molar-refractivity contribution >= 4 is 23.2 Å². The summed E-state index contributed by atoms with van der Waals surface area (Å²) in [7, 11) is 0. The molecule has 21 heavy (non-hydrogen) atoms. The summed E-state index contributed by atoms with van der Waals surface area (Å²) in [6, 6.07) is 3.57. The van der Waals surface area contributed by atoms with Gasteiger partial charge < -0.3 is 5.32 Å². The number of halogens is 1. The van der Waals surface area contributed by atoms with Crippen LogP contribution >= 0.6 is 11.6 Å². The van der Waals surface area contributed by atoms with Crippen LogP contribution in [0.2, 0.25) is 5.02 Å². The number of hydrogen-bond acceptors (Lipinski definition) is 2. The van der Waals surface area contributed by atoms with E-state index in [0.717, 1.165) is 0 Å². The average Bonchev–Trinajstić information content (AvgIpc) is 3.14. The van der Waals surface area contributed by atoms with Crippen LogP contribution < -0.4 is 5.32 Å². The van der Waals surface area contributed by atoms with E-state index < -0.39 is 41.7 Å². The molecule has 1 heterocycles. The van der Waals surface area contributed by atoms with E-state index in [1.165, 1.54) is 4.68 Å². The molecule has 4 nitrogen and oxygen atoms in total. The molecule has 0 radical (unpaired) electrons. The van der Waals surface area contributed by atoms with Gasteiger partial charge in [0.1, 0.15) is 0 Å². The van der Waals surface area contributed by atoms with Crippen molar-refractivity contribution in [2.24, 2.45) is 0 Å². The number of carbonyl (C=O) groups is 1. The molecule has 0 aliphatic carbocycles. The van der Waals surface area contributed by atoms with Gasteiger partial charge in [-0.1, -0.05) is 29.7 Å². The normalized spacial score (nSPS) is 13.7. The summed E-state index contributed by atoms with van der Waals surface area (Å²) >= 11 is 6.01. The maximum Gasteiger partial charge on any atom is 0.255 e. The number of nitrogens with zero attached hydrogens (tertiary/aromatic N) is 2. The third-order valence-electron chi connectivity index (χ3n) is 2.69. The molecule has 0 aliphatic heterocycles. The van der Waals surface area contributed by atoms with Gasteiger partial charge in [0.05, 0.1) is 18.2 Å². The molecule has 0 fully saturated rings. The van der Waals surface area contributed by atoms with Crippen LogP contribution in [-0.4, -0.2) is 15.7 Å². The standard InChI is InChI=1S/C16H12ClN3O/c17-13-7-8-14(15(11-13)20-10-4-9-18-20)19-16(21)12-5-2-1-3-6-12/h1-11H,(H,19,21)/i1D,2D,3D,5D,6D. The minimum atomic E-state index is -0.822. The van der Waals surface area contributed by atoms with Crippen LogP contribution in [0.5, 0.6) is 0 Å². The summed E-state index contributed by atoms with van der Waals surface area (Å²) in [4.78, 5) is 12.6. The first-order valence-corrected chi connectivity index (χ1v) is 6.37. The molecular formula is C16H12ClN3O. The summed E-state index contributed by atoms with van der Waals surface area (Å²) < 4.78 is 40.2. The molecule has 5 heteroatoms. The molecule has 104 valence electrons. The highest BCUT2D eigenvalue weighted by molar-refractivity contribution is 6.31. The predicted octanol–water partition coefficient (Wildman–Crippen LogP) is 3.78. The Balaban J connectivity index is 2.06. The third-order valence-corrected chi connectivity index (χ3v) is 2.92. The van der Waals surface area contributed by atoms with E-state index in [-0.39, 0.29) is 0 Å². The quantitative estimate of drug-likeness (QED) is 0.800. The largest absolute Gasteiger partial charge is 0.320 e. The van der Waals surface area contributed by atoms with Gasteiger partial charge in [0, 0.05) is 23.0 Å². The Morgan fingerprint density at radius 1 is 1.29 bits per heavy atom. The van der Waals surface area contributed by atoms with Gasteiger partial charge in [0.25, 0.3) is 5.91 Å². The van der Waals surface area contributed by atoms with Crippen molar-refractivity contribution in [2.75, 3.05) is 5.32 Å². The van der Waals surface area contributed by atoms with Crippen molar-refractivity contribution in [3.8, 4) is 5.69 Å². The fourth-order valence-electron chi connectivity index (χ4n) is 1.76. The Hall–Kier alpha value is -2.59. The molecule has 1 aromatic heterocycles. The van der Waals surface area contributed by atoms with Crippen molar-refractivity contribution in [1.82, 2.24) is 9.78 Å². The lowest BCUT2D eigenvalue weighted by atomic mass is 10.2. The fourth-order valence-corrected chi connectivity index (χ4v) is 1.93. The smallest absolute Gasteiger partial charge is 0.255 e. The van der Waals surface area contributed by atoms with Crippen molar-refractivity contribution in [3.63, 3.8) is 0 Å². The Bertz CT molecular complexity index is 979. The van der Waals surface area contributed by atoms with E-state index >= 15 is 0 Å². The summed E-state index contributed by atoms with van der Waals surface area (Å²) in [5.74, 6) is -0.822. The highest BCUT2D eigenvalue weighted by Crippen LogP contribution is 2.24. The Labute approximate surface area is 134 Å². The number of nitrogens with one attached hydrogen (secondary N) is 1. The summed E-state index contributed by atoms with van der Waals surface area (Å²) in [5.41, 5.74) is 0.371. The van der Waals surface area contributed by atoms with E-state index in [1.807, 2.05) is 0 Å². The topological polar surface area (TPSA) is 46.9 Å². The Morgan fingerprint density at radius 3 is 2.81 bits per heavy atom. The predicted molar refractivity (Wildman–Crippen MR) is 83.0 cm³/mol. The van der Waals surface area contributed by atoms with Gasteiger partial charge in [-0.3, -0.25) is 4.79 Å². The number of anilines is 1. The van der Waals surface area contributed by atoms with Crippen LogP contribution in [0.3, 0.4) is 0 Å². The first-order chi connectivity index (χ1) is 12.3. The third kappa shape index (κ3) is 2.95. The second kappa shape index (κ2) is 5.81. The van der Waals surface area contributed by atoms with Gasteiger partial charge in [-0.05, 0) is 36.4 Å². The highest BCUT2D eigenvalue weighted by atomic mass is 35.5. The van der Waals surface area contributed by atoms with Crippen molar-refractivity contribution in [1.29, 1.82) is 0 Å². The first-order valence-electron chi connectivity index (χ1n) is 8.49.